The van der Waals surface area contributed by atoms with E-state index in [9.17, 15) is 4.39 Å². The Labute approximate surface area is 125 Å². The van der Waals surface area contributed by atoms with Crippen molar-refractivity contribution in [3.05, 3.63) is 41.6 Å². The van der Waals surface area contributed by atoms with Crippen molar-refractivity contribution < 1.29 is 8.91 Å². The summed E-state index contributed by atoms with van der Waals surface area (Å²) < 4.78 is 20.4. The van der Waals surface area contributed by atoms with Gasteiger partial charge in [-0.25, -0.2) is 9.37 Å². The van der Waals surface area contributed by atoms with E-state index in [1.807, 2.05) is 11.5 Å². The minimum atomic E-state index is -0.272. The molecule has 3 rings (SSSR count). The quantitative estimate of drug-likeness (QED) is 0.693. The molecule has 110 valence electrons. The fourth-order valence-corrected chi connectivity index (χ4v) is 2.49. The third-order valence-electron chi connectivity index (χ3n) is 3.38. The molecular formula is C14H14ClFN4O. The van der Waals surface area contributed by atoms with Gasteiger partial charge in [-0.2, -0.15) is 4.98 Å². The smallest absolute Gasteiger partial charge is 0.213 e. The van der Waals surface area contributed by atoms with Crippen molar-refractivity contribution in [2.45, 2.75) is 32.2 Å². The summed E-state index contributed by atoms with van der Waals surface area (Å²) in [5, 5.41) is 3.52. The van der Waals surface area contributed by atoms with E-state index < -0.39 is 0 Å². The van der Waals surface area contributed by atoms with Crippen molar-refractivity contribution in [1.29, 1.82) is 0 Å². The van der Waals surface area contributed by atoms with Gasteiger partial charge in [0.2, 0.25) is 6.39 Å². The second kappa shape index (κ2) is 5.44. The molecule has 0 aliphatic heterocycles. The molecule has 1 aromatic carbocycles. The number of hydrogen-bond acceptors (Lipinski definition) is 4. The lowest BCUT2D eigenvalue weighted by molar-refractivity contribution is 0.408. The van der Waals surface area contributed by atoms with Crippen LogP contribution in [0.25, 0.3) is 11.0 Å². The van der Waals surface area contributed by atoms with Crippen molar-refractivity contribution in [3.8, 4) is 0 Å². The summed E-state index contributed by atoms with van der Waals surface area (Å²) in [5.41, 5.74) is 2.05. The molecule has 0 fully saturated rings. The standard InChI is InChI=1S/C14H14ClFN4O/c1-8-5-12-11(6-10(8)16)18-14(9(2)15)20(12)4-3-13-17-7-21-19-13/h5-7,9H,3-4H2,1-2H3. The normalized spacial score (nSPS) is 13.0. The number of benzene rings is 1. The Morgan fingerprint density at radius 2 is 2.24 bits per heavy atom. The lowest BCUT2D eigenvalue weighted by atomic mass is 10.2. The van der Waals surface area contributed by atoms with Crippen LogP contribution in [0.2, 0.25) is 0 Å². The average Bonchev–Trinajstić information content (AvgIpc) is 3.05. The minimum absolute atomic E-state index is 0.265. The zero-order valence-electron chi connectivity index (χ0n) is 11.7. The van der Waals surface area contributed by atoms with E-state index in [1.54, 1.807) is 13.0 Å². The van der Waals surface area contributed by atoms with E-state index in [-0.39, 0.29) is 11.2 Å². The second-order valence-corrected chi connectivity index (χ2v) is 5.58. The third kappa shape index (κ3) is 2.63. The van der Waals surface area contributed by atoms with Gasteiger partial charge in [0.15, 0.2) is 5.82 Å². The highest BCUT2D eigenvalue weighted by molar-refractivity contribution is 6.20. The molecular weight excluding hydrogens is 295 g/mol. The molecule has 0 N–H and O–H groups in total. The number of alkyl halides is 1. The Kier molecular flexibility index (Phi) is 3.63. The van der Waals surface area contributed by atoms with Crippen molar-refractivity contribution in [2.75, 3.05) is 0 Å². The van der Waals surface area contributed by atoms with E-state index in [1.165, 1.54) is 12.5 Å². The zero-order chi connectivity index (χ0) is 15.0. The predicted molar refractivity (Wildman–Crippen MR) is 76.7 cm³/mol. The molecule has 1 atom stereocenters. The van der Waals surface area contributed by atoms with Crippen molar-refractivity contribution in [2.24, 2.45) is 0 Å². The third-order valence-corrected chi connectivity index (χ3v) is 3.58. The SMILES string of the molecule is Cc1cc2c(cc1F)nc(C(C)Cl)n2CCc1ncon1. The molecule has 0 bridgehead atoms. The van der Waals surface area contributed by atoms with Gasteiger partial charge in [0, 0.05) is 19.0 Å². The van der Waals surface area contributed by atoms with Crippen LogP contribution in [0, 0.1) is 12.7 Å². The molecule has 0 spiro atoms. The van der Waals surface area contributed by atoms with E-state index in [0.29, 0.717) is 35.7 Å². The molecule has 2 heterocycles. The van der Waals surface area contributed by atoms with Gasteiger partial charge in [-0.1, -0.05) is 5.16 Å². The van der Waals surface area contributed by atoms with Gasteiger partial charge in [0.25, 0.3) is 0 Å². The highest BCUT2D eigenvalue weighted by Crippen LogP contribution is 2.26. The molecule has 0 saturated carbocycles. The van der Waals surface area contributed by atoms with E-state index in [0.717, 1.165) is 5.52 Å². The fraction of sp³-hybridized carbons (Fsp3) is 0.357. The van der Waals surface area contributed by atoms with Crippen molar-refractivity contribution in [3.63, 3.8) is 0 Å². The van der Waals surface area contributed by atoms with Crippen LogP contribution in [0.3, 0.4) is 0 Å². The van der Waals surface area contributed by atoms with Crippen LogP contribution in [-0.2, 0) is 13.0 Å². The van der Waals surface area contributed by atoms with Crippen LogP contribution in [0.4, 0.5) is 4.39 Å². The van der Waals surface area contributed by atoms with Gasteiger partial charge in [0.1, 0.15) is 11.6 Å². The molecule has 1 unspecified atom stereocenters. The summed E-state index contributed by atoms with van der Waals surface area (Å²) in [7, 11) is 0. The maximum absolute atomic E-state index is 13.7. The molecule has 7 heteroatoms. The average molecular weight is 309 g/mol. The number of aryl methyl sites for hydroxylation is 3. The molecule has 0 amide bonds. The maximum atomic E-state index is 13.7. The number of aromatic nitrogens is 4. The molecule has 2 aromatic heterocycles. The highest BCUT2D eigenvalue weighted by atomic mass is 35.5. The maximum Gasteiger partial charge on any atom is 0.213 e. The Bertz CT molecular complexity index is 767. The van der Waals surface area contributed by atoms with Crippen molar-refractivity contribution in [1.82, 2.24) is 19.7 Å². The van der Waals surface area contributed by atoms with Crippen LogP contribution in [0.15, 0.2) is 23.0 Å². The first-order valence-electron chi connectivity index (χ1n) is 6.62. The fourth-order valence-electron chi connectivity index (χ4n) is 2.32. The van der Waals surface area contributed by atoms with Gasteiger partial charge in [-0.15, -0.1) is 11.6 Å². The molecule has 0 saturated heterocycles. The van der Waals surface area contributed by atoms with Crippen LogP contribution >= 0.6 is 11.6 Å². The Morgan fingerprint density at radius 1 is 1.43 bits per heavy atom. The summed E-state index contributed by atoms with van der Waals surface area (Å²) in [4.78, 5) is 8.44. The van der Waals surface area contributed by atoms with Gasteiger partial charge in [-0.05, 0) is 25.5 Å². The summed E-state index contributed by atoms with van der Waals surface area (Å²) in [6, 6.07) is 3.23. The summed E-state index contributed by atoms with van der Waals surface area (Å²) in [5.74, 6) is 1.06. The first kappa shape index (κ1) is 14.0. The Hall–Kier alpha value is -1.95. The molecule has 21 heavy (non-hydrogen) atoms. The van der Waals surface area contributed by atoms with Gasteiger partial charge >= 0.3 is 0 Å². The molecule has 0 radical (unpaired) electrons. The lowest BCUT2D eigenvalue weighted by Gasteiger charge is -2.09. The van der Waals surface area contributed by atoms with Crippen LogP contribution in [0.5, 0.6) is 0 Å². The minimum Gasteiger partial charge on any atom is -0.343 e. The van der Waals surface area contributed by atoms with Crippen LogP contribution in [-0.4, -0.2) is 19.7 Å². The van der Waals surface area contributed by atoms with E-state index in [2.05, 4.69) is 15.1 Å². The number of halogens is 2. The lowest BCUT2D eigenvalue weighted by Crippen LogP contribution is -2.07. The number of fused-ring (bicyclic) bond motifs is 1. The summed E-state index contributed by atoms with van der Waals surface area (Å²) >= 11 is 6.19. The summed E-state index contributed by atoms with van der Waals surface area (Å²) in [6.07, 6.45) is 1.89. The largest absolute Gasteiger partial charge is 0.343 e. The number of hydrogen-bond donors (Lipinski definition) is 0. The monoisotopic (exact) mass is 308 g/mol. The molecule has 3 aromatic rings. The van der Waals surface area contributed by atoms with Crippen LogP contribution in [0.1, 0.15) is 29.5 Å². The Balaban J connectivity index is 2.04. The zero-order valence-corrected chi connectivity index (χ0v) is 12.4. The predicted octanol–water partition coefficient (Wildman–Crippen LogP) is 3.41. The molecule has 0 aliphatic carbocycles. The second-order valence-electron chi connectivity index (χ2n) is 4.93. The van der Waals surface area contributed by atoms with Gasteiger partial charge < -0.3 is 9.09 Å². The summed E-state index contributed by atoms with van der Waals surface area (Å²) in [6.45, 7) is 4.18. The van der Waals surface area contributed by atoms with Gasteiger partial charge in [0.05, 0.1) is 16.4 Å². The topological polar surface area (TPSA) is 56.7 Å². The van der Waals surface area contributed by atoms with Gasteiger partial charge in [-0.3, -0.25) is 0 Å². The number of rotatable bonds is 4. The first-order valence-corrected chi connectivity index (χ1v) is 7.05. The number of imidazole rings is 1. The molecule has 0 aliphatic rings. The van der Waals surface area contributed by atoms with Crippen molar-refractivity contribution >= 4 is 22.6 Å². The number of nitrogens with zero attached hydrogens (tertiary/aromatic N) is 4. The Morgan fingerprint density at radius 3 is 2.90 bits per heavy atom. The van der Waals surface area contributed by atoms with Crippen LogP contribution < -0.4 is 0 Å². The van der Waals surface area contributed by atoms with E-state index in [4.69, 9.17) is 16.1 Å². The van der Waals surface area contributed by atoms with E-state index >= 15 is 0 Å². The molecule has 5 nitrogen and oxygen atoms in total. The highest BCUT2D eigenvalue weighted by Gasteiger charge is 2.17. The first-order chi connectivity index (χ1) is 10.1.